The zero-order valence-corrected chi connectivity index (χ0v) is 11.6. The maximum absolute atomic E-state index is 10.5. The van der Waals surface area contributed by atoms with E-state index in [1.165, 1.54) is 0 Å². The van der Waals surface area contributed by atoms with Crippen molar-refractivity contribution in [2.75, 3.05) is 5.73 Å². The molecule has 3 N–H and O–H groups in total. The van der Waals surface area contributed by atoms with Crippen LogP contribution >= 0.6 is 27.5 Å². The van der Waals surface area contributed by atoms with Gasteiger partial charge >= 0.3 is 6.16 Å². The number of anilines is 1. The van der Waals surface area contributed by atoms with Gasteiger partial charge in [0.25, 0.3) is 5.88 Å². The minimum absolute atomic E-state index is 0.0502. The molecule has 0 spiro atoms. The van der Waals surface area contributed by atoms with Gasteiger partial charge in [-0.3, -0.25) is 0 Å². The first-order valence-electron chi connectivity index (χ1n) is 4.97. The van der Waals surface area contributed by atoms with Crippen LogP contribution in [0.15, 0.2) is 28.7 Å². The number of carbonyl (C=O) groups is 1. The molecule has 0 bridgehead atoms. The number of benzene rings is 1. The lowest BCUT2D eigenvalue weighted by Gasteiger charge is -2.07. The lowest BCUT2D eigenvalue weighted by atomic mass is 10.2. The van der Waals surface area contributed by atoms with Crippen LogP contribution in [0.25, 0.3) is 11.4 Å². The molecule has 2 aromatic rings. The van der Waals surface area contributed by atoms with Crippen molar-refractivity contribution in [2.24, 2.45) is 0 Å². The van der Waals surface area contributed by atoms with Crippen LogP contribution in [0, 0.1) is 0 Å². The van der Waals surface area contributed by atoms with Crippen molar-refractivity contribution in [3.8, 4) is 17.3 Å². The Morgan fingerprint density at radius 2 is 1.95 bits per heavy atom. The highest BCUT2D eigenvalue weighted by Crippen LogP contribution is 2.30. The van der Waals surface area contributed by atoms with E-state index in [0.29, 0.717) is 5.56 Å². The molecule has 0 aliphatic heterocycles. The lowest BCUT2D eigenvalue weighted by molar-refractivity contribution is 0.142. The van der Waals surface area contributed by atoms with E-state index in [1.807, 2.05) is 0 Å². The fraction of sp³-hybridized carbons (Fsp3) is 0. The van der Waals surface area contributed by atoms with Crippen molar-refractivity contribution in [1.29, 1.82) is 0 Å². The van der Waals surface area contributed by atoms with Gasteiger partial charge in [0.1, 0.15) is 10.8 Å². The number of nitrogens with zero attached hydrogens (tertiary/aromatic N) is 2. The smallest absolute Gasteiger partial charge is 0.449 e. The molecule has 19 heavy (non-hydrogen) atoms. The number of nitrogen functional groups attached to an aromatic ring is 1. The van der Waals surface area contributed by atoms with Gasteiger partial charge in [0.15, 0.2) is 5.82 Å². The normalized spacial score (nSPS) is 10.2. The number of halogens is 2. The van der Waals surface area contributed by atoms with Crippen molar-refractivity contribution >= 4 is 39.5 Å². The number of carboxylic acid groups (broad SMARTS) is 1. The maximum Gasteiger partial charge on any atom is 0.512 e. The predicted octanol–water partition coefficient (Wildman–Crippen LogP) is 3.20. The second-order valence-corrected chi connectivity index (χ2v) is 4.72. The second kappa shape index (κ2) is 5.41. The van der Waals surface area contributed by atoms with E-state index in [9.17, 15) is 4.79 Å². The minimum atomic E-state index is -1.53. The number of hydrogen-bond acceptors (Lipinski definition) is 5. The van der Waals surface area contributed by atoms with Crippen LogP contribution in [0.1, 0.15) is 0 Å². The summed E-state index contributed by atoms with van der Waals surface area (Å²) in [6.45, 7) is 0. The zero-order chi connectivity index (χ0) is 14.0. The van der Waals surface area contributed by atoms with Crippen molar-refractivity contribution < 1.29 is 14.6 Å². The van der Waals surface area contributed by atoms with E-state index in [4.69, 9.17) is 22.4 Å². The summed E-state index contributed by atoms with van der Waals surface area (Å²) in [5.74, 6) is -0.115. The third kappa shape index (κ3) is 3.12. The quantitative estimate of drug-likeness (QED) is 0.812. The Bertz CT molecular complexity index is 634. The first-order valence-corrected chi connectivity index (χ1v) is 6.14. The molecule has 6 nitrogen and oxygen atoms in total. The Balaban J connectivity index is 2.49. The van der Waals surface area contributed by atoms with Crippen LogP contribution < -0.4 is 10.5 Å². The molecule has 0 aliphatic rings. The largest absolute Gasteiger partial charge is 0.512 e. The Morgan fingerprint density at radius 1 is 1.32 bits per heavy atom. The molecule has 0 fully saturated rings. The van der Waals surface area contributed by atoms with E-state index >= 15 is 0 Å². The highest BCUT2D eigenvalue weighted by atomic mass is 79.9. The zero-order valence-electron chi connectivity index (χ0n) is 9.30. The van der Waals surface area contributed by atoms with Crippen LogP contribution in [0.4, 0.5) is 10.6 Å². The van der Waals surface area contributed by atoms with E-state index in [0.717, 1.165) is 4.47 Å². The van der Waals surface area contributed by atoms with Crippen molar-refractivity contribution in [3.63, 3.8) is 0 Å². The maximum atomic E-state index is 10.5. The van der Waals surface area contributed by atoms with Crippen LogP contribution in [-0.2, 0) is 0 Å². The SMILES string of the molecule is Nc1nc(-c2ccc(Br)cc2)nc(OC(=O)O)c1Cl. The molecule has 1 heterocycles. The molecule has 8 heteroatoms. The first-order chi connectivity index (χ1) is 8.97. The number of nitrogens with two attached hydrogens (primary N) is 1. The molecule has 0 saturated carbocycles. The Morgan fingerprint density at radius 3 is 2.53 bits per heavy atom. The molecule has 0 aliphatic carbocycles. The molecule has 0 radical (unpaired) electrons. The average molecular weight is 345 g/mol. The number of ether oxygens (including phenoxy) is 1. The van der Waals surface area contributed by atoms with E-state index < -0.39 is 6.16 Å². The summed E-state index contributed by atoms with van der Waals surface area (Å²) < 4.78 is 5.35. The Labute approximate surface area is 121 Å². The molecule has 98 valence electrons. The summed E-state index contributed by atoms with van der Waals surface area (Å²) in [6.07, 6.45) is -1.53. The Kier molecular flexibility index (Phi) is 3.87. The van der Waals surface area contributed by atoms with Gasteiger partial charge in [-0.2, -0.15) is 4.98 Å². The van der Waals surface area contributed by atoms with Gasteiger partial charge in [-0.15, -0.1) is 0 Å². The summed E-state index contributed by atoms with van der Waals surface area (Å²) in [5.41, 5.74) is 6.25. The molecule has 1 aromatic heterocycles. The van der Waals surface area contributed by atoms with Gasteiger partial charge in [-0.25, -0.2) is 9.78 Å². The average Bonchev–Trinajstić information content (AvgIpc) is 2.35. The molecule has 0 amide bonds. The van der Waals surface area contributed by atoms with Crippen LogP contribution in [0.2, 0.25) is 5.02 Å². The van der Waals surface area contributed by atoms with Gasteiger partial charge in [0.05, 0.1) is 0 Å². The van der Waals surface area contributed by atoms with Crippen LogP contribution in [0.3, 0.4) is 0 Å². The third-order valence-corrected chi connectivity index (χ3v) is 3.02. The van der Waals surface area contributed by atoms with Gasteiger partial charge in [-0.05, 0) is 12.1 Å². The summed E-state index contributed by atoms with van der Waals surface area (Å²) in [7, 11) is 0. The van der Waals surface area contributed by atoms with E-state index in [1.54, 1.807) is 24.3 Å². The highest BCUT2D eigenvalue weighted by Gasteiger charge is 2.15. The summed E-state index contributed by atoms with van der Waals surface area (Å²) >= 11 is 9.08. The van der Waals surface area contributed by atoms with Gasteiger partial charge < -0.3 is 15.6 Å². The molecular weight excluding hydrogens is 337 g/mol. The molecular formula is C11H7BrClN3O3. The Hall–Kier alpha value is -1.86. The summed E-state index contributed by atoms with van der Waals surface area (Å²) in [6, 6.07) is 7.08. The minimum Gasteiger partial charge on any atom is -0.449 e. The van der Waals surface area contributed by atoms with Crippen molar-refractivity contribution in [3.05, 3.63) is 33.8 Å². The molecule has 1 aromatic carbocycles. The second-order valence-electron chi connectivity index (χ2n) is 3.43. The van der Waals surface area contributed by atoms with Crippen molar-refractivity contribution in [2.45, 2.75) is 0 Å². The lowest BCUT2D eigenvalue weighted by Crippen LogP contribution is -2.08. The monoisotopic (exact) mass is 343 g/mol. The van der Waals surface area contributed by atoms with Gasteiger partial charge in [0, 0.05) is 10.0 Å². The molecule has 0 saturated heterocycles. The predicted molar refractivity (Wildman–Crippen MR) is 73.2 cm³/mol. The summed E-state index contributed by atoms with van der Waals surface area (Å²) in [4.78, 5) is 18.5. The fourth-order valence-corrected chi connectivity index (χ4v) is 1.71. The van der Waals surface area contributed by atoms with E-state index in [2.05, 4.69) is 30.6 Å². The van der Waals surface area contributed by atoms with Gasteiger partial charge in [-0.1, -0.05) is 39.7 Å². The van der Waals surface area contributed by atoms with Crippen molar-refractivity contribution in [1.82, 2.24) is 9.97 Å². The van der Waals surface area contributed by atoms with Crippen LogP contribution in [0.5, 0.6) is 5.88 Å². The third-order valence-electron chi connectivity index (χ3n) is 2.13. The molecule has 2 rings (SSSR count). The van der Waals surface area contributed by atoms with E-state index in [-0.39, 0.29) is 22.5 Å². The van der Waals surface area contributed by atoms with Crippen LogP contribution in [-0.4, -0.2) is 21.2 Å². The highest BCUT2D eigenvalue weighted by molar-refractivity contribution is 9.10. The number of hydrogen-bond donors (Lipinski definition) is 2. The van der Waals surface area contributed by atoms with Gasteiger partial charge in [0.2, 0.25) is 0 Å². The fourth-order valence-electron chi connectivity index (χ4n) is 1.32. The number of rotatable bonds is 2. The number of aromatic nitrogens is 2. The molecule has 0 unspecified atom stereocenters. The standard InChI is InChI=1S/C11H7BrClN3O3/c12-6-3-1-5(2-4-6)9-15-8(14)7(13)10(16-9)19-11(17)18/h1-4H,(H,17,18)(H2,14,15,16). The topological polar surface area (TPSA) is 98.3 Å². The molecule has 0 atom stereocenters. The first kappa shape index (κ1) is 13.6. The summed E-state index contributed by atoms with van der Waals surface area (Å²) in [5, 5.41) is 8.46.